The third-order valence-corrected chi connectivity index (χ3v) is 5.44. The van der Waals surface area contributed by atoms with Gasteiger partial charge in [-0.1, -0.05) is 0 Å². The highest BCUT2D eigenvalue weighted by atomic mass is 16.4. The minimum atomic E-state index is -2.74. The second kappa shape index (κ2) is 26.8. The maximum Gasteiger partial charge on any atom is 0.336 e. The highest BCUT2D eigenvalue weighted by Crippen LogP contribution is 2.16. The largest absolute Gasteiger partial charge is 0.481 e. The maximum atomic E-state index is 10.3. The first kappa shape index (κ1) is 45.9. The fourth-order valence-corrected chi connectivity index (χ4v) is 3.24. The van der Waals surface area contributed by atoms with Crippen LogP contribution >= 0.6 is 0 Å². The van der Waals surface area contributed by atoms with Gasteiger partial charge >= 0.3 is 35.8 Å². The average Bonchev–Trinajstić information content (AvgIpc) is 2.95. The number of aliphatic carboxylic acids is 6. The van der Waals surface area contributed by atoms with Gasteiger partial charge in [-0.15, -0.1) is 0 Å². The first-order valence-corrected chi connectivity index (χ1v) is 13.6. The zero-order chi connectivity index (χ0) is 34.0. The molecule has 21 heteroatoms. The van der Waals surface area contributed by atoms with Crippen molar-refractivity contribution in [1.29, 1.82) is 0 Å². The molecule has 3 aliphatic rings. The molecule has 3 fully saturated rings. The predicted octanol–water partition coefficient (Wildman–Crippen LogP) is -5.78. The van der Waals surface area contributed by atoms with Crippen molar-refractivity contribution in [3.05, 3.63) is 0 Å². The fraction of sp³-hybridized carbons (Fsp3) is 0.750. The summed E-state index contributed by atoms with van der Waals surface area (Å²) in [6, 6.07) is 0. The highest BCUT2D eigenvalue weighted by molar-refractivity contribution is 5.88. The van der Waals surface area contributed by atoms with E-state index >= 15 is 0 Å². The van der Waals surface area contributed by atoms with Gasteiger partial charge in [0.2, 0.25) is 0 Å². The Hall–Kier alpha value is -3.54. The van der Waals surface area contributed by atoms with Gasteiger partial charge in [-0.25, -0.2) is 9.59 Å². The van der Waals surface area contributed by atoms with Gasteiger partial charge in [0.25, 0.3) is 0 Å². The van der Waals surface area contributed by atoms with E-state index in [2.05, 4.69) is 31.9 Å². The molecule has 0 atom stereocenters. The molecule has 3 saturated heterocycles. The molecular weight excluding hydrogens is 612 g/mol. The molecule has 45 heavy (non-hydrogen) atoms. The Labute approximate surface area is 258 Å². The second-order valence-corrected chi connectivity index (χ2v) is 9.46. The molecule has 16 N–H and O–H groups in total. The minimum absolute atomic E-state index is 0. The monoisotopic (exact) mass is 660 g/mol. The molecule has 0 spiro atoms. The van der Waals surface area contributed by atoms with Crippen LogP contribution in [-0.4, -0.2) is 172 Å². The molecule has 264 valence electrons. The summed E-state index contributed by atoms with van der Waals surface area (Å²) in [7, 11) is 0. The number of rotatable bonds is 10. The lowest BCUT2D eigenvalue weighted by Crippen LogP contribution is -2.42. The van der Waals surface area contributed by atoms with Crippen LogP contribution in [0.1, 0.15) is 25.7 Å². The summed E-state index contributed by atoms with van der Waals surface area (Å²) in [5.41, 5.74) is -5.48. The number of carboxylic acids is 6. The highest BCUT2D eigenvalue weighted by Gasteiger charge is 2.41. The summed E-state index contributed by atoms with van der Waals surface area (Å²) in [6.45, 7) is 13.7. The van der Waals surface area contributed by atoms with Crippen molar-refractivity contribution in [3.63, 3.8) is 0 Å². The Kier molecular flexibility index (Phi) is 27.4. The lowest BCUT2D eigenvalue weighted by Gasteiger charge is -2.18. The van der Waals surface area contributed by atoms with Gasteiger partial charge in [-0.3, -0.25) is 19.2 Å². The maximum absolute atomic E-state index is 10.3. The molecule has 21 nitrogen and oxygen atoms in total. The summed E-state index contributed by atoms with van der Waals surface area (Å²) in [5.74, 6) is -10.0. The van der Waals surface area contributed by atoms with Crippen molar-refractivity contribution in [3.8, 4) is 0 Å². The minimum Gasteiger partial charge on any atom is -0.481 e. The smallest absolute Gasteiger partial charge is 0.336 e. The van der Waals surface area contributed by atoms with Gasteiger partial charge in [-0.05, 0) is 0 Å². The van der Waals surface area contributed by atoms with E-state index in [9.17, 15) is 28.8 Å². The van der Waals surface area contributed by atoms with E-state index in [-0.39, 0.29) is 5.48 Å². The zero-order valence-electron chi connectivity index (χ0n) is 24.8. The van der Waals surface area contributed by atoms with Crippen LogP contribution in [0.3, 0.4) is 0 Å². The molecule has 3 heterocycles. The Morgan fingerprint density at radius 3 is 0.578 bits per heavy atom. The van der Waals surface area contributed by atoms with Gasteiger partial charge in [0, 0.05) is 78.5 Å². The van der Waals surface area contributed by atoms with Crippen LogP contribution in [0, 0.1) is 0 Å². The number of carbonyl (C=O) groups is 6. The van der Waals surface area contributed by atoms with Crippen molar-refractivity contribution >= 4 is 35.8 Å². The number of aliphatic hydroxyl groups is 2. The third kappa shape index (κ3) is 27.7. The molecule has 0 amide bonds. The van der Waals surface area contributed by atoms with Gasteiger partial charge in [-0.2, -0.15) is 0 Å². The van der Waals surface area contributed by atoms with E-state index in [4.69, 9.17) is 40.9 Å². The molecule has 3 rings (SSSR count). The van der Waals surface area contributed by atoms with E-state index in [0.717, 1.165) is 78.5 Å². The number of hydrogen-bond acceptors (Lipinski definition) is 14. The molecule has 0 aromatic heterocycles. The van der Waals surface area contributed by atoms with Crippen molar-refractivity contribution in [2.24, 2.45) is 0 Å². The molecule has 3 aliphatic heterocycles. The van der Waals surface area contributed by atoms with E-state index < -0.39 is 72.7 Å². The van der Waals surface area contributed by atoms with Gasteiger partial charge in [0.05, 0.1) is 25.7 Å². The summed E-state index contributed by atoms with van der Waals surface area (Å²) in [4.78, 5) is 61.0. The van der Waals surface area contributed by atoms with Crippen LogP contribution in [0.5, 0.6) is 0 Å². The zero-order valence-corrected chi connectivity index (χ0v) is 24.8. The summed E-state index contributed by atoms with van der Waals surface area (Å²) >= 11 is 0. The summed E-state index contributed by atoms with van der Waals surface area (Å²) < 4.78 is 0. The lowest BCUT2D eigenvalue weighted by molar-refractivity contribution is -0.170. The lowest BCUT2D eigenvalue weighted by atomic mass is 9.96. The topological polar surface area (TPSA) is 368 Å². The number of carboxylic acid groups (broad SMARTS) is 6. The van der Waals surface area contributed by atoms with Gasteiger partial charge in [0.15, 0.2) is 11.2 Å². The predicted molar refractivity (Wildman–Crippen MR) is 155 cm³/mol. The van der Waals surface area contributed by atoms with Crippen molar-refractivity contribution in [2.75, 3.05) is 78.5 Å². The Morgan fingerprint density at radius 2 is 0.511 bits per heavy atom. The third-order valence-electron chi connectivity index (χ3n) is 5.44. The Morgan fingerprint density at radius 1 is 0.378 bits per heavy atom. The summed E-state index contributed by atoms with van der Waals surface area (Å²) in [6.07, 6.45) is -4.58. The Bertz CT molecular complexity index is 734. The van der Waals surface area contributed by atoms with Crippen LogP contribution in [0.15, 0.2) is 0 Å². The number of piperazine rings is 3. The summed E-state index contributed by atoms with van der Waals surface area (Å²) in [5, 5.41) is 87.0. The molecule has 0 saturated carbocycles. The van der Waals surface area contributed by atoms with Crippen molar-refractivity contribution in [2.45, 2.75) is 36.9 Å². The number of hydrogen-bond donors (Lipinski definition) is 14. The quantitative estimate of drug-likeness (QED) is 0.104. The molecule has 0 aromatic rings. The van der Waals surface area contributed by atoms with Crippen molar-refractivity contribution in [1.82, 2.24) is 31.9 Å². The SMILES string of the molecule is C1CNCCN1.C1CNCCN1.C1CNCCN1.O.O=C(O)CC(O)(CC(=O)O)C(=O)O.O=C(O)CC(O)(CC(=O)O)C(=O)O. The van der Waals surface area contributed by atoms with Crippen LogP contribution < -0.4 is 31.9 Å². The van der Waals surface area contributed by atoms with Crippen LogP contribution in [0.4, 0.5) is 0 Å². The van der Waals surface area contributed by atoms with Crippen LogP contribution in [0.25, 0.3) is 0 Å². The van der Waals surface area contributed by atoms with Gasteiger partial charge < -0.3 is 78.2 Å². The average molecular weight is 661 g/mol. The van der Waals surface area contributed by atoms with Crippen molar-refractivity contribution < 1.29 is 75.1 Å². The first-order valence-electron chi connectivity index (χ1n) is 13.6. The van der Waals surface area contributed by atoms with Crippen LogP contribution in [0.2, 0.25) is 0 Å². The first-order chi connectivity index (χ1) is 20.6. The van der Waals surface area contributed by atoms with E-state index in [1.807, 2.05) is 0 Å². The number of nitrogens with one attached hydrogen (secondary N) is 6. The van der Waals surface area contributed by atoms with E-state index in [1.54, 1.807) is 0 Å². The molecule has 0 radical (unpaired) electrons. The Balaban J connectivity index is -0.000000509. The van der Waals surface area contributed by atoms with E-state index in [1.165, 1.54) is 0 Å². The van der Waals surface area contributed by atoms with Crippen LogP contribution in [-0.2, 0) is 28.8 Å². The molecule has 0 aromatic carbocycles. The molecule has 0 aliphatic carbocycles. The molecular formula is C24H48N6O15. The normalized spacial score (nSPS) is 15.9. The second-order valence-electron chi connectivity index (χ2n) is 9.46. The fourth-order valence-electron chi connectivity index (χ4n) is 3.24. The van der Waals surface area contributed by atoms with E-state index in [0.29, 0.717) is 0 Å². The standard InChI is InChI=1S/2C6H8O7.3C4H10N2.H2O/c2*7-3(8)1-6(13,5(11)12)2-4(9)10;3*1-2-6-4-3-5-1;/h2*13H,1-2H2,(H,7,8)(H,9,10)(H,11,12);3*5-6H,1-4H2;1H2. The van der Waals surface area contributed by atoms with Gasteiger partial charge in [0.1, 0.15) is 0 Å². The molecule has 0 bridgehead atoms. The molecule has 0 unspecified atom stereocenters.